The quantitative estimate of drug-likeness (QED) is 0.532. The Kier molecular flexibility index (Phi) is 6.76. The molecule has 0 spiro atoms. The number of nitro groups is 1. The third-order valence-electron chi connectivity index (χ3n) is 5.67. The first kappa shape index (κ1) is 22.9. The molecule has 3 rings (SSSR count). The van der Waals surface area contributed by atoms with E-state index in [0.29, 0.717) is 24.3 Å². The van der Waals surface area contributed by atoms with E-state index in [1.165, 1.54) is 22.0 Å². The number of piperidine rings is 1. The molecule has 1 heterocycles. The van der Waals surface area contributed by atoms with E-state index in [1.54, 1.807) is 6.92 Å². The molecule has 0 aromatic heterocycles. The van der Waals surface area contributed by atoms with E-state index in [1.807, 2.05) is 24.3 Å². The smallest absolute Gasteiger partial charge is 0.270 e. The molecule has 1 aliphatic rings. The molecule has 0 radical (unpaired) electrons. The molecule has 9 heteroatoms. The number of nitrogens with one attached hydrogen (secondary N) is 1. The first-order valence-corrected chi connectivity index (χ1v) is 11.7. The van der Waals surface area contributed by atoms with Crippen molar-refractivity contribution in [2.24, 2.45) is 5.92 Å². The zero-order chi connectivity index (χ0) is 22.8. The molecule has 1 N–H and O–H groups in total. The summed E-state index contributed by atoms with van der Waals surface area (Å²) in [5.74, 6) is -0.00554. The molecule has 0 aliphatic carbocycles. The van der Waals surface area contributed by atoms with Crippen molar-refractivity contribution in [1.82, 2.24) is 4.31 Å². The largest absolute Gasteiger partial charge is 0.326 e. The summed E-state index contributed by atoms with van der Waals surface area (Å²) in [4.78, 5) is 23.0. The van der Waals surface area contributed by atoms with Crippen molar-refractivity contribution in [3.05, 3.63) is 63.7 Å². The monoisotopic (exact) mass is 445 g/mol. The van der Waals surface area contributed by atoms with E-state index >= 15 is 0 Å². The number of rotatable bonds is 6. The number of aryl methyl sites for hydroxylation is 1. The van der Waals surface area contributed by atoms with Crippen LogP contribution >= 0.6 is 0 Å². The molecule has 0 unspecified atom stereocenters. The van der Waals surface area contributed by atoms with Gasteiger partial charge in [0.05, 0.1) is 9.82 Å². The van der Waals surface area contributed by atoms with Crippen LogP contribution < -0.4 is 5.32 Å². The minimum atomic E-state index is -3.87. The molecule has 0 saturated carbocycles. The highest BCUT2D eigenvalue weighted by Gasteiger charge is 2.33. The molecule has 8 nitrogen and oxygen atoms in total. The molecule has 1 fully saturated rings. The van der Waals surface area contributed by atoms with Gasteiger partial charge in [0.2, 0.25) is 15.9 Å². The number of carbonyl (C=O) groups is 1. The molecule has 2 aromatic rings. The van der Waals surface area contributed by atoms with Gasteiger partial charge in [0.15, 0.2) is 0 Å². The summed E-state index contributed by atoms with van der Waals surface area (Å²) < 4.78 is 27.4. The summed E-state index contributed by atoms with van der Waals surface area (Å²) in [6.45, 7) is 6.19. The van der Waals surface area contributed by atoms with Gasteiger partial charge in [-0.1, -0.05) is 32.0 Å². The number of carbonyl (C=O) groups excluding carboxylic acids is 1. The molecule has 0 atom stereocenters. The predicted octanol–water partition coefficient (Wildman–Crippen LogP) is 4.07. The Hall–Kier alpha value is -2.78. The van der Waals surface area contributed by atoms with Crippen LogP contribution in [-0.4, -0.2) is 36.6 Å². The van der Waals surface area contributed by atoms with E-state index in [2.05, 4.69) is 19.2 Å². The fraction of sp³-hybridized carbons (Fsp3) is 0.409. The van der Waals surface area contributed by atoms with Gasteiger partial charge in [-0.15, -0.1) is 0 Å². The van der Waals surface area contributed by atoms with E-state index in [0.717, 1.165) is 11.8 Å². The summed E-state index contributed by atoms with van der Waals surface area (Å²) in [7, 11) is -3.87. The summed E-state index contributed by atoms with van der Waals surface area (Å²) >= 11 is 0. The number of benzene rings is 2. The molecule has 31 heavy (non-hydrogen) atoms. The normalized spacial score (nSPS) is 15.7. The highest BCUT2D eigenvalue weighted by molar-refractivity contribution is 7.89. The second-order valence-electron chi connectivity index (χ2n) is 8.15. The fourth-order valence-corrected chi connectivity index (χ4v) is 5.39. The van der Waals surface area contributed by atoms with Gasteiger partial charge in [-0.05, 0) is 48.9 Å². The maximum atomic E-state index is 13.0. The standard InChI is InChI=1S/C22H27N3O5S/c1-15(2)17-5-7-19(8-6-17)23-22(26)18-10-12-24(13-11-18)31(29,30)21-14-20(25(27)28)9-4-16(21)3/h4-9,14-15,18H,10-13H2,1-3H3,(H,23,26). The number of non-ortho nitro benzene ring substituents is 1. The predicted molar refractivity (Wildman–Crippen MR) is 118 cm³/mol. The van der Waals surface area contributed by atoms with E-state index in [9.17, 15) is 23.3 Å². The van der Waals surface area contributed by atoms with Crippen LogP contribution in [0.1, 0.15) is 43.7 Å². The van der Waals surface area contributed by atoms with Crippen molar-refractivity contribution in [3.63, 3.8) is 0 Å². The average Bonchev–Trinajstić information content (AvgIpc) is 2.74. The minimum absolute atomic E-state index is 0.0603. The average molecular weight is 446 g/mol. The fourth-order valence-electron chi connectivity index (χ4n) is 3.67. The van der Waals surface area contributed by atoms with Crippen LogP contribution in [0.15, 0.2) is 47.4 Å². The number of nitro benzene ring substituents is 1. The Bertz CT molecular complexity index is 1070. The van der Waals surface area contributed by atoms with Crippen molar-refractivity contribution in [2.75, 3.05) is 18.4 Å². The number of amides is 1. The number of anilines is 1. The van der Waals surface area contributed by atoms with Crippen molar-refractivity contribution in [3.8, 4) is 0 Å². The Morgan fingerprint density at radius 1 is 1.13 bits per heavy atom. The summed E-state index contributed by atoms with van der Waals surface area (Å²) in [6, 6.07) is 11.5. The lowest BCUT2D eigenvalue weighted by Crippen LogP contribution is -2.41. The van der Waals surface area contributed by atoms with Crippen molar-refractivity contribution >= 4 is 27.3 Å². The van der Waals surface area contributed by atoms with Crippen LogP contribution in [0.2, 0.25) is 0 Å². The minimum Gasteiger partial charge on any atom is -0.326 e. The lowest BCUT2D eigenvalue weighted by Gasteiger charge is -2.30. The molecule has 166 valence electrons. The highest BCUT2D eigenvalue weighted by Crippen LogP contribution is 2.29. The van der Waals surface area contributed by atoms with Gasteiger partial charge in [0, 0.05) is 36.8 Å². The second kappa shape index (κ2) is 9.15. The second-order valence-corrected chi connectivity index (χ2v) is 10.1. The maximum Gasteiger partial charge on any atom is 0.270 e. The molecular formula is C22H27N3O5S. The van der Waals surface area contributed by atoms with Crippen LogP contribution in [0.5, 0.6) is 0 Å². The maximum absolute atomic E-state index is 13.0. The van der Waals surface area contributed by atoms with Crippen LogP contribution in [0.3, 0.4) is 0 Å². The topological polar surface area (TPSA) is 110 Å². The third-order valence-corrected chi connectivity index (χ3v) is 7.71. The zero-order valence-electron chi connectivity index (χ0n) is 17.9. The number of sulfonamides is 1. The van der Waals surface area contributed by atoms with Crippen LogP contribution in [0, 0.1) is 23.0 Å². The van der Waals surface area contributed by atoms with Gasteiger partial charge in [0.1, 0.15) is 0 Å². The van der Waals surface area contributed by atoms with E-state index in [-0.39, 0.29) is 35.5 Å². The van der Waals surface area contributed by atoms with E-state index < -0.39 is 14.9 Å². The molecule has 1 aliphatic heterocycles. The van der Waals surface area contributed by atoms with Gasteiger partial charge in [0.25, 0.3) is 5.69 Å². The summed E-state index contributed by atoms with van der Waals surface area (Å²) in [5, 5.41) is 14.0. The summed E-state index contributed by atoms with van der Waals surface area (Å²) in [6.07, 6.45) is 0.784. The number of hydrogen-bond acceptors (Lipinski definition) is 5. The van der Waals surface area contributed by atoms with E-state index in [4.69, 9.17) is 0 Å². The van der Waals surface area contributed by atoms with Gasteiger partial charge in [-0.3, -0.25) is 14.9 Å². The van der Waals surface area contributed by atoms with Gasteiger partial charge in [-0.25, -0.2) is 8.42 Å². The Morgan fingerprint density at radius 3 is 2.29 bits per heavy atom. The Morgan fingerprint density at radius 2 is 1.74 bits per heavy atom. The lowest BCUT2D eigenvalue weighted by atomic mass is 9.97. The Balaban J connectivity index is 1.65. The molecule has 2 aromatic carbocycles. The van der Waals surface area contributed by atoms with Crippen molar-refractivity contribution in [1.29, 1.82) is 0 Å². The van der Waals surface area contributed by atoms with Gasteiger partial charge >= 0.3 is 0 Å². The van der Waals surface area contributed by atoms with Crippen LogP contribution in [0.4, 0.5) is 11.4 Å². The first-order chi connectivity index (χ1) is 14.6. The molecule has 1 saturated heterocycles. The molecular weight excluding hydrogens is 418 g/mol. The number of nitrogens with zero attached hydrogens (tertiary/aromatic N) is 2. The van der Waals surface area contributed by atoms with Crippen molar-refractivity contribution in [2.45, 2.75) is 44.4 Å². The lowest BCUT2D eigenvalue weighted by molar-refractivity contribution is -0.385. The van der Waals surface area contributed by atoms with Gasteiger partial charge < -0.3 is 5.32 Å². The van der Waals surface area contributed by atoms with Crippen LogP contribution in [0.25, 0.3) is 0 Å². The van der Waals surface area contributed by atoms with Crippen LogP contribution in [-0.2, 0) is 14.8 Å². The molecule has 1 amide bonds. The SMILES string of the molecule is Cc1ccc([N+](=O)[O-])cc1S(=O)(=O)N1CCC(C(=O)Nc2ccc(C(C)C)cc2)CC1. The third kappa shape index (κ3) is 5.11. The van der Waals surface area contributed by atoms with Crippen molar-refractivity contribution < 1.29 is 18.1 Å². The Labute approximate surface area is 182 Å². The number of hydrogen-bond donors (Lipinski definition) is 1. The highest BCUT2D eigenvalue weighted by atomic mass is 32.2. The van der Waals surface area contributed by atoms with Gasteiger partial charge in [-0.2, -0.15) is 4.31 Å². The summed E-state index contributed by atoms with van der Waals surface area (Å²) in [5.41, 5.74) is 2.10. The molecule has 0 bridgehead atoms. The zero-order valence-corrected chi connectivity index (χ0v) is 18.7. The first-order valence-electron chi connectivity index (χ1n) is 10.3.